The molecule has 0 spiro atoms. The predicted octanol–water partition coefficient (Wildman–Crippen LogP) is 5.72. The van der Waals surface area contributed by atoms with Crippen molar-refractivity contribution in [2.24, 2.45) is 0 Å². The van der Waals surface area contributed by atoms with Crippen LogP contribution in [0, 0.1) is 6.92 Å². The number of alkyl halides is 3. The smallest absolute Gasteiger partial charge is 0.341 e. The number of carbonyl (C=O) groups excluding carboxylic acids is 1. The number of aromatic nitrogens is 2. The topological polar surface area (TPSA) is 70.2 Å². The van der Waals surface area contributed by atoms with Crippen molar-refractivity contribution in [2.45, 2.75) is 38.8 Å². The summed E-state index contributed by atoms with van der Waals surface area (Å²) in [5.74, 6) is 1.12. The average molecular weight is 470 g/mol. The van der Waals surface area contributed by atoms with Crippen molar-refractivity contribution in [2.75, 3.05) is 28.6 Å². The number of benzene rings is 2. The molecule has 34 heavy (non-hydrogen) atoms. The summed E-state index contributed by atoms with van der Waals surface area (Å²) in [4.78, 5) is 23.7. The number of amides is 1. The Labute approximate surface area is 196 Å². The Kier molecular flexibility index (Phi) is 7.00. The summed E-state index contributed by atoms with van der Waals surface area (Å²) in [5, 5.41) is 6.05. The number of hydrogen-bond acceptors (Lipinski definition) is 5. The highest BCUT2D eigenvalue weighted by Crippen LogP contribution is 2.29. The van der Waals surface area contributed by atoms with E-state index in [2.05, 4.69) is 25.5 Å². The van der Waals surface area contributed by atoms with E-state index < -0.39 is 11.7 Å². The quantitative estimate of drug-likeness (QED) is 0.483. The molecule has 0 atom stereocenters. The number of anilines is 4. The van der Waals surface area contributed by atoms with E-state index in [0.717, 1.165) is 55.4 Å². The highest BCUT2D eigenvalue weighted by Gasteiger charge is 2.30. The van der Waals surface area contributed by atoms with Crippen LogP contribution in [0.5, 0.6) is 0 Å². The lowest BCUT2D eigenvalue weighted by molar-refractivity contribution is -0.137. The summed E-state index contributed by atoms with van der Waals surface area (Å²) in [6, 6.07) is 13.6. The van der Waals surface area contributed by atoms with E-state index in [1.54, 1.807) is 12.1 Å². The Morgan fingerprint density at radius 2 is 1.59 bits per heavy atom. The maximum absolute atomic E-state index is 12.7. The number of piperidine rings is 1. The van der Waals surface area contributed by atoms with Crippen molar-refractivity contribution in [3.8, 4) is 0 Å². The molecule has 2 N–H and O–H groups in total. The first-order valence-electron chi connectivity index (χ1n) is 11.2. The molecule has 1 saturated heterocycles. The highest BCUT2D eigenvalue weighted by molar-refractivity contribution is 5.92. The Morgan fingerprint density at radius 3 is 2.24 bits per heavy atom. The normalized spacial score (nSPS) is 14.1. The Balaban J connectivity index is 1.35. The molecular formula is C25H26F3N5O. The zero-order valence-corrected chi connectivity index (χ0v) is 18.8. The Hall–Kier alpha value is -3.62. The predicted molar refractivity (Wildman–Crippen MR) is 126 cm³/mol. The molecule has 1 aromatic heterocycles. The molecule has 3 aromatic rings. The maximum Gasteiger partial charge on any atom is 0.416 e. The van der Waals surface area contributed by atoms with Crippen LogP contribution in [0.15, 0.2) is 54.6 Å². The van der Waals surface area contributed by atoms with Crippen LogP contribution < -0.4 is 15.5 Å². The van der Waals surface area contributed by atoms with Gasteiger partial charge < -0.3 is 15.5 Å². The number of rotatable bonds is 6. The minimum Gasteiger partial charge on any atom is -0.341 e. The lowest BCUT2D eigenvalue weighted by Gasteiger charge is -2.27. The summed E-state index contributed by atoms with van der Waals surface area (Å²) in [6.45, 7) is 3.86. The third-order valence-electron chi connectivity index (χ3n) is 5.57. The minimum atomic E-state index is -4.39. The number of aryl methyl sites for hydroxylation is 1. The molecule has 0 saturated carbocycles. The fourth-order valence-electron chi connectivity index (χ4n) is 3.84. The van der Waals surface area contributed by atoms with E-state index in [1.807, 2.05) is 25.1 Å². The van der Waals surface area contributed by atoms with Crippen molar-refractivity contribution in [3.63, 3.8) is 0 Å². The van der Waals surface area contributed by atoms with E-state index in [1.165, 1.54) is 18.6 Å². The molecule has 9 heteroatoms. The molecule has 1 fully saturated rings. The van der Waals surface area contributed by atoms with Crippen molar-refractivity contribution in [1.29, 1.82) is 0 Å². The fourth-order valence-corrected chi connectivity index (χ4v) is 3.84. The van der Waals surface area contributed by atoms with Crippen molar-refractivity contribution in [3.05, 3.63) is 71.4 Å². The van der Waals surface area contributed by atoms with E-state index in [9.17, 15) is 18.0 Å². The molecule has 178 valence electrons. The largest absolute Gasteiger partial charge is 0.416 e. The molecule has 0 radical (unpaired) electrons. The van der Waals surface area contributed by atoms with Crippen LogP contribution in [0.4, 0.5) is 36.3 Å². The monoisotopic (exact) mass is 469 g/mol. The highest BCUT2D eigenvalue weighted by atomic mass is 19.4. The molecule has 1 amide bonds. The SMILES string of the molecule is Cc1cc(Nc2ccc(NC(=O)Cc3ccc(C(F)(F)F)cc3)cc2)nc(N2CCCCC2)n1. The zero-order chi connectivity index (χ0) is 24.1. The van der Waals surface area contributed by atoms with E-state index >= 15 is 0 Å². The van der Waals surface area contributed by atoms with Crippen LogP contribution in [0.1, 0.15) is 36.1 Å². The van der Waals surface area contributed by atoms with Crippen LogP contribution in [-0.2, 0) is 17.4 Å². The molecule has 2 aromatic carbocycles. The van der Waals surface area contributed by atoms with Gasteiger partial charge in [-0.3, -0.25) is 4.79 Å². The molecule has 0 bridgehead atoms. The summed E-state index contributed by atoms with van der Waals surface area (Å²) in [7, 11) is 0. The van der Waals surface area contributed by atoms with Gasteiger partial charge in [-0.25, -0.2) is 4.98 Å². The molecule has 1 aliphatic heterocycles. The van der Waals surface area contributed by atoms with E-state index in [0.29, 0.717) is 17.1 Å². The second-order valence-electron chi connectivity index (χ2n) is 8.36. The first-order valence-corrected chi connectivity index (χ1v) is 11.2. The second-order valence-corrected chi connectivity index (χ2v) is 8.36. The summed E-state index contributed by atoms with van der Waals surface area (Å²) < 4.78 is 38.0. The van der Waals surface area contributed by atoms with Gasteiger partial charge in [-0.2, -0.15) is 18.2 Å². The molecule has 0 aliphatic carbocycles. The molecular weight excluding hydrogens is 443 g/mol. The number of carbonyl (C=O) groups is 1. The molecule has 4 rings (SSSR count). The third-order valence-corrected chi connectivity index (χ3v) is 5.57. The van der Waals surface area contributed by atoms with Crippen molar-refractivity contribution in [1.82, 2.24) is 9.97 Å². The van der Waals surface area contributed by atoms with Gasteiger partial charge in [-0.15, -0.1) is 0 Å². The number of nitrogens with one attached hydrogen (secondary N) is 2. The lowest BCUT2D eigenvalue weighted by Crippen LogP contribution is -2.31. The third kappa shape index (κ3) is 6.24. The van der Waals surface area contributed by atoms with E-state index in [-0.39, 0.29) is 12.3 Å². The summed E-state index contributed by atoms with van der Waals surface area (Å²) in [5.41, 5.74) is 2.05. The fraction of sp³-hybridized carbons (Fsp3) is 0.320. The van der Waals surface area contributed by atoms with Gasteiger partial charge in [0.1, 0.15) is 5.82 Å². The number of halogens is 3. The minimum absolute atomic E-state index is 0.0162. The Morgan fingerprint density at radius 1 is 0.941 bits per heavy atom. The van der Waals surface area contributed by atoms with Crippen LogP contribution in [0.3, 0.4) is 0 Å². The van der Waals surface area contributed by atoms with Gasteiger partial charge in [0.2, 0.25) is 11.9 Å². The van der Waals surface area contributed by atoms with Gasteiger partial charge in [0.15, 0.2) is 0 Å². The second kappa shape index (κ2) is 10.1. The Bertz CT molecular complexity index is 1120. The molecule has 2 heterocycles. The van der Waals surface area contributed by atoms with Gasteiger partial charge in [0.05, 0.1) is 12.0 Å². The summed E-state index contributed by atoms with van der Waals surface area (Å²) >= 11 is 0. The lowest BCUT2D eigenvalue weighted by atomic mass is 10.1. The van der Waals surface area contributed by atoms with Gasteiger partial charge in [0, 0.05) is 36.2 Å². The first-order chi connectivity index (χ1) is 16.3. The maximum atomic E-state index is 12.7. The van der Waals surface area contributed by atoms with Gasteiger partial charge >= 0.3 is 6.18 Å². The van der Waals surface area contributed by atoms with Crippen molar-refractivity contribution < 1.29 is 18.0 Å². The average Bonchev–Trinajstić information content (AvgIpc) is 2.80. The van der Waals surface area contributed by atoms with E-state index in [4.69, 9.17) is 0 Å². The van der Waals surface area contributed by atoms with Crippen LogP contribution >= 0.6 is 0 Å². The zero-order valence-electron chi connectivity index (χ0n) is 18.8. The standard InChI is InChI=1S/C25H26F3N5O/c1-17-15-22(32-24(29-17)33-13-3-2-4-14-33)30-20-9-11-21(12-10-20)31-23(34)16-18-5-7-19(8-6-18)25(26,27)28/h5-12,15H,2-4,13-14,16H2,1H3,(H,31,34)(H,29,30,32). The number of hydrogen-bond donors (Lipinski definition) is 2. The molecule has 1 aliphatic rings. The van der Waals surface area contributed by atoms with Gasteiger partial charge in [-0.1, -0.05) is 12.1 Å². The van der Waals surface area contributed by atoms with Crippen molar-refractivity contribution >= 4 is 29.0 Å². The van der Waals surface area contributed by atoms with Crippen LogP contribution in [0.25, 0.3) is 0 Å². The molecule has 0 unspecified atom stereocenters. The van der Waals surface area contributed by atoms with Crippen LogP contribution in [-0.4, -0.2) is 29.0 Å². The van der Waals surface area contributed by atoms with Gasteiger partial charge in [-0.05, 0) is 68.1 Å². The first kappa shape index (κ1) is 23.5. The molecule has 6 nitrogen and oxygen atoms in total. The van der Waals surface area contributed by atoms with Gasteiger partial charge in [0.25, 0.3) is 0 Å². The summed E-state index contributed by atoms with van der Waals surface area (Å²) in [6.07, 6.45) is -0.882. The number of nitrogens with zero attached hydrogens (tertiary/aromatic N) is 3. The van der Waals surface area contributed by atoms with Crippen LogP contribution in [0.2, 0.25) is 0 Å².